The molecule has 2 bridgehead atoms. The highest BCUT2D eigenvalue weighted by Crippen LogP contribution is 2.49. The first kappa shape index (κ1) is 12.2. The van der Waals surface area contributed by atoms with Crippen LogP contribution in [0.3, 0.4) is 0 Å². The summed E-state index contributed by atoms with van der Waals surface area (Å²) < 4.78 is 1.90. The Hall–Kier alpha value is -0.830. The molecule has 0 saturated heterocycles. The van der Waals surface area contributed by atoms with Crippen molar-refractivity contribution >= 4 is 0 Å². The van der Waals surface area contributed by atoms with Crippen LogP contribution in [0, 0.1) is 24.7 Å². The fourth-order valence-electron chi connectivity index (χ4n) is 4.19. The predicted octanol–water partition coefficient (Wildman–Crippen LogP) is 2.46. The molecule has 100 valence electrons. The van der Waals surface area contributed by atoms with E-state index in [0.717, 1.165) is 42.0 Å². The first-order chi connectivity index (χ1) is 8.61. The maximum absolute atomic E-state index is 10.3. The Morgan fingerprint density at radius 3 is 2.83 bits per heavy atom. The van der Waals surface area contributed by atoms with Gasteiger partial charge < -0.3 is 5.11 Å². The number of rotatable bonds is 4. The van der Waals surface area contributed by atoms with E-state index in [4.69, 9.17) is 0 Å². The fraction of sp³-hybridized carbons (Fsp3) is 0.800. The standard InChI is InChI=1S/C15H24N2O/c1-10-5-14(17(2)16-10)9-15(18)8-13-7-11-3-4-12(13)6-11/h5,11-13,15,18H,3-4,6-9H2,1-2H3. The van der Waals surface area contributed by atoms with E-state index in [9.17, 15) is 5.11 Å². The molecule has 0 radical (unpaired) electrons. The molecule has 3 rings (SSSR count). The van der Waals surface area contributed by atoms with Crippen LogP contribution in [0.5, 0.6) is 0 Å². The Kier molecular flexibility index (Phi) is 3.18. The fourth-order valence-corrected chi connectivity index (χ4v) is 4.19. The van der Waals surface area contributed by atoms with E-state index in [1.807, 2.05) is 18.7 Å². The maximum Gasteiger partial charge on any atom is 0.0598 e. The molecule has 3 heteroatoms. The lowest BCUT2D eigenvalue weighted by molar-refractivity contribution is 0.123. The molecule has 1 aromatic rings. The topological polar surface area (TPSA) is 38.0 Å². The average molecular weight is 248 g/mol. The molecule has 4 atom stereocenters. The number of hydrogen-bond acceptors (Lipinski definition) is 2. The lowest BCUT2D eigenvalue weighted by Crippen LogP contribution is -2.21. The van der Waals surface area contributed by atoms with E-state index in [2.05, 4.69) is 11.2 Å². The number of aromatic nitrogens is 2. The van der Waals surface area contributed by atoms with Crippen molar-refractivity contribution < 1.29 is 5.11 Å². The normalized spacial score (nSPS) is 32.1. The van der Waals surface area contributed by atoms with Crippen LogP contribution < -0.4 is 0 Å². The summed E-state index contributed by atoms with van der Waals surface area (Å²) in [5.41, 5.74) is 2.20. The second kappa shape index (κ2) is 4.69. The monoisotopic (exact) mass is 248 g/mol. The van der Waals surface area contributed by atoms with Gasteiger partial charge in [0.05, 0.1) is 11.8 Å². The SMILES string of the molecule is Cc1cc(CC(O)CC2CC3CCC2C3)n(C)n1. The molecule has 0 aromatic carbocycles. The molecular weight excluding hydrogens is 224 g/mol. The van der Waals surface area contributed by atoms with Crippen LogP contribution in [0.15, 0.2) is 6.07 Å². The molecule has 3 nitrogen and oxygen atoms in total. The van der Waals surface area contributed by atoms with Crippen LogP contribution in [0.1, 0.15) is 43.5 Å². The Morgan fingerprint density at radius 2 is 2.28 bits per heavy atom. The third-order valence-corrected chi connectivity index (χ3v) is 5.00. The van der Waals surface area contributed by atoms with Crippen LogP contribution in [0.4, 0.5) is 0 Å². The van der Waals surface area contributed by atoms with E-state index in [-0.39, 0.29) is 6.10 Å². The van der Waals surface area contributed by atoms with Gasteiger partial charge in [0.2, 0.25) is 0 Å². The van der Waals surface area contributed by atoms with E-state index >= 15 is 0 Å². The number of aliphatic hydroxyl groups is 1. The van der Waals surface area contributed by atoms with Crippen LogP contribution in [-0.2, 0) is 13.5 Å². The summed E-state index contributed by atoms with van der Waals surface area (Å²) in [5.74, 6) is 2.68. The van der Waals surface area contributed by atoms with Crippen molar-refractivity contribution in [3.05, 3.63) is 17.5 Å². The Morgan fingerprint density at radius 1 is 1.44 bits per heavy atom. The molecule has 2 saturated carbocycles. The summed E-state index contributed by atoms with van der Waals surface area (Å²) >= 11 is 0. The van der Waals surface area contributed by atoms with E-state index < -0.39 is 0 Å². The maximum atomic E-state index is 10.3. The lowest BCUT2D eigenvalue weighted by Gasteiger charge is -2.24. The van der Waals surface area contributed by atoms with Gasteiger partial charge >= 0.3 is 0 Å². The minimum Gasteiger partial charge on any atom is -0.393 e. The molecule has 0 spiro atoms. The summed E-state index contributed by atoms with van der Waals surface area (Å²) in [5, 5.41) is 14.6. The van der Waals surface area contributed by atoms with Crippen molar-refractivity contribution in [1.29, 1.82) is 0 Å². The molecule has 18 heavy (non-hydrogen) atoms. The molecule has 1 N–H and O–H groups in total. The van der Waals surface area contributed by atoms with E-state index in [1.54, 1.807) is 0 Å². The van der Waals surface area contributed by atoms with Gasteiger partial charge in [-0.1, -0.05) is 6.42 Å². The highest BCUT2D eigenvalue weighted by Gasteiger charge is 2.39. The van der Waals surface area contributed by atoms with Gasteiger partial charge in [0.15, 0.2) is 0 Å². The number of aryl methyl sites for hydroxylation is 2. The second-order valence-electron chi connectivity index (χ2n) is 6.43. The highest BCUT2D eigenvalue weighted by molar-refractivity contribution is 5.09. The van der Waals surface area contributed by atoms with E-state index in [1.165, 1.54) is 25.7 Å². The van der Waals surface area contributed by atoms with Gasteiger partial charge in [-0.25, -0.2) is 0 Å². The van der Waals surface area contributed by atoms with Crippen molar-refractivity contribution in [3.8, 4) is 0 Å². The number of hydrogen-bond donors (Lipinski definition) is 1. The van der Waals surface area contributed by atoms with Gasteiger partial charge in [-0.15, -0.1) is 0 Å². The average Bonchev–Trinajstić information content (AvgIpc) is 2.95. The molecular formula is C15H24N2O. The number of aliphatic hydroxyl groups excluding tert-OH is 1. The van der Waals surface area contributed by atoms with Crippen molar-refractivity contribution in [1.82, 2.24) is 9.78 Å². The van der Waals surface area contributed by atoms with E-state index in [0.29, 0.717) is 0 Å². The largest absolute Gasteiger partial charge is 0.393 e. The van der Waals surface area contributed by atoms with Crippen LogP contribution in [-0.4, -0.2) is 21.0 Å². The Bertz CT molecular complexity index is 426. The summed E-state index contributed by atoms with van der Waals surface area (Å²) in [4.78, 5) is 0. The molecule has 0 aliphatic heterocycles. The summed E-state index contributed by atoms with van der Waals surface area (Å²) in [6, 6.07) is 2.09. The minimum absolute atomic E-state index is 0.191. The molecule has 0 amide bonds. The summed E-state index contributed by atoms with van der Waals surface area (Å²) in [6.45, 7) is 2.01. The molecule has 2 fully saturated rings. The number of fused-ring (bicyclic) bond motifs is 2. The highest BCUT2D eigenvalue weighted by atomic mass is 16.3. The third kappa shape index (κ3) is 2.33. The first-order valence-electron chi connectivity index (χ1n) is 7.29. The van der Waals surface area contributed by atoms with Gasteiger partial charge in [0.25, 0.3) is 0 Å². The summed E-state index contributed by atoms with van der Waals surface area (Å²) in [6.07, 6.45) is 7.21. The quantitative estimate of drug-likeness (QED) is 0.889. The number of nitrogens with zero attached hydrogens (tertiary/aromatic N) is 2. The molecule has 4 unspecified atom stereocenters. The van der Waals surface area contributed by atoms with Gasteiger partial charge in [-0.3, -0.25) is 4.68 Å². The first-order valence-corrected chi connectivity index (χ1v) is 7.29. The Balaban J connectivity index is 1.56. The minimum atomic E-state index is -0.191. The van der Waals surface area contributed by atoms with Crippen LogP contribution >= 0.6 is 0 Å². The van der Waals surface area contributed by atoms with Gasteiger partial charge in [-0.2, -0.15) is 5.10 Å². The van der Waals surface area contributed by atoms with Gasteiger partial charge in [0.1, 0.15) is 0 Å². The van der Waals surface area contributed by atoms with Gasteiger partial charge in [0, 0.05) is 19.2 Å². The van der Waals surface area contributed by atoms with Crippen LogP contribution in [0.2, 0.25) is 0 Å². The van der Waals surface area contributed by atoms with Crippen LogP contribution in [0.25, 0.3) is 0 Å². The molecule has 2 aliphatic carbocycles. The smallest absolute Gasteiger partial charge is 0.0598 e. The predicted molar refractivity (Wildman–Crippen MR) is 71.2 cm³/mol. The van der Waals surface area contributed by atoms with Gasteiger partial charge in [-0.05, 0) is 56.4 Å². The Labute approximate surface area is 109 Å². The zero-order valence-electron chi connectivity index (χ0n) is 11.5. The lowest BCUT2D eigenvalue weighted by atomic mass is 9.84. The van der Waals surface area contributed by atoms with Crippen molar-refractivity contribution in [2.24, 2.45) is 24.8 Å². The van der Waals surface area contributed by atoms with Crippen molar-refractivity contribution in [2.45, 2.75) is 51.6 Å². The summed E-state index contributed by atoms with van der Waals surface area (Å²) in [7, 11) is 1.96. The zero-order valence-corrected chi connectivity index (χ0v) is 11.5. The molecule has 2 aliphatic rings. The second-order valence-corrected chi connectivity index (χ2v) is 6.43. The zero-order chi connectivity index (χ0) is 12.7. The van der Waals surface area contributed by atoms with Crippen molar-refractivity contribution in [3.63, 3.8) is 0 Å². The molecule has 1 aromatic heterocycles. The third-order valence-electron chi connectivity index (χ3n) is 5.00. The van der Waals surface area contributed by atoms with Crippen molar-refractivity contribution in [2.75, 3.05) is 0 Å². The molecule has 1 heterocycles.